The molecule has 0 aliphatic rings. The molecule has 4 aromatic carbocycles. The van der Waals surface area contributed by atoms with Crippen LogP contribution in [-0.4, -0.2) is 18.1 Å². The number of halogens is 1. The molecule has 4 rings (SSSR count). The number of nitrogens with zero attached hydrogens (tertiary/aromatic N) is 1. The van der Waals surface area contributed by atoms with Crippen LogP contribution in [0, 0.1) is 0 Å². The highest BCUT2D eigenvalue weighted by molar-refractivity contribution is 6.33. The number of rotatable bonds is 5. The van der Waals surface area contributed by atoms with E-state index in [4.69, 9.17) is 16.3 Å². The zero-order valence-corrected chi connectivity index (χ0v) is 17.0. The Bertz CT molecular complexity index is 1290. The summed E-state index contributed by atoms with van der Waals surface area (Å²) in [7, 11) is 0. The Balaban J connectivity index is 1.65. The van der Waals surface area contributed by atoms with Gasteiger partial charge in [0.25, 0.3) is 5.91 Å². The van der Waals surface area contributed by atoms with Crippen molar-refractivity contribution in [1.82, 2.24) is 5.43 Å². The molecule has 4 aromatic rings. The minimum absolute atomic E-state index is 0.262. The largest absolute Gasteiger partial charge is 0.422 e. The van der Waals surface area contributed by atoms with Gasteiger partial charge < -0.3 is 4.74 Å². The van der Waals surface area contributed by atoms with Gasteiger partial charge in [-0.25, -0.2) is 10.2 Å². The van der Waals surface area contributed by atoms with Crippen LogP contribution in [0.2, 0.25) is 5.02 Å². The molecule has 0 unspecified atom stereocenters. The van der Waals surface area contributed by atoms with Crippen molar-refractivity contribution in [2.45, 2.75) is 0 Å². The van der Waals surface area contributed by atoms with Crippen LogP contribution >= 0.6 is 11.6 Å². The zero-order chi connectivity index (χ0) is 21.6. The minimum Gasteiger partial charge on any atom is -0.422 e. The summed E-state index contributed by atoms with van der Waals surface area (Å²) in [6, 6.07) is 26.6. The summed E-state index contributed by atoms with van der Waals surface area (Å²) in [5, 5.41) is 6.15. The third kappa shape index (κ3) is 4.63. The molecule has 1 N–H and O–H groups in total. The lowest BCUT2D eigenvalue weighted by Gasteiger charge is -2.11. The number of fused-ring (bicyclic) bond motifs is 1. The van der Waals surface area contributed by atoms with Crippen LogP contribution in [0.15, 0.2) is 96.1 Å². The van der Waals surface area contributed by atoms with Gasteiger partial charge in [0.05, 0.1) is 16.8 Å². The van der Waals surface area contributed by atoms with Gasteiger partial charge in [-0.15, -0.1) is 0 Å². The van der Waals surface area contributed by atoms with E-state index in [1.54, 1.807) is 54.6 Å². The highest BCUT2D eigenvalue weighted by Crippen LogP contribution is 2.28. The van der Waals surface area contributed by atoms with E-state index in [0.29, 0.717) is 21.9 Å². The van der Waals surface area contributed by atoms with Gasteiger partial charge in [-0.2, -0.15) is 5.10 Å². The van der Waals surface area contributed by atoms with Crippen LogP contribution < -0.4 is 10.2 Å². The van der Waals surface area contributed by atoms with E-state index < -0.39 is 5.97 Å². The summed E-state index contributed by atoms with van der Waals surface area (Å²) in [5.41, 5.74) is 3.81. The van der Waals surface area contributed by atoms with Gasteiger partial charge in [0.15, 0.2) is 0 Å². The summed E-state index contributed by atoms with van der Waals surface area (Å²) in [4.78, 5) is 24.9. The van der Waals surface area contributed by atoms with E-state index >= 15 is 0 Å². The van der Waals surface area contributed by atoms with Crippen LogP contribution in [0.5, 0.6) is 5.75 Å². The van der Waals surface area contributed by atoms with Gasteiger partial charge in [-0.1, -0.05) is 72.3 Å². The van der Waals surface area contributed by atoms with E-state index in [1.807, 2.05) is 36.4 Å². The number of esters is 1. The maximum atomic E-state index is 12.7. The van der Waals surface area contributed by atoms with Gasteiger partial charge in [-0.05, 0) is 41.1 Å². The third-order valence-electron chi connectivity index (χ3n) is 4.62. The molecule has 6 heteroatoms. The SMILES string of the molecule is O=C(NN=Cc1c(OC(=O)c2ccccc2Cl)ccc2ccccc12)c1ccccc1. The van der Waals surface area contributed by atoms with E-state index in [0.717, 1.165) is 10.8 Å². The molecule has 0 spiro atoms. The van der Waals surface area contributed by atoms with Crippen molar-refractivity contribution in [3.05, 3.63) is 113 Å². The van der Waals surface area contributed by atoms with Gasteiger partial charge in [0.2, 0.25) is 0 Å². The van der Waals surface area contributed by atoms with Crippen molar-refractivity contribution in [3.63, 3.8) is 0 Å². The molecule has 0 fully saturated rings. The lowest BCUT2D eigenvalue weighted by Crippen LogP contribution is -2.17. The van der Waals surface area contributed by atoms with Crippen LogP contribution in [0.4, 0.5) is 0 Å². The topological polar surface area (TPSA) is 67.8 Å². The molecular weight excluding hydrogens is 412 g/mol. The predicted octanol–water partition coefficient (Wildman–Crippen LogP) is 5.48. The average molecular weight is 429 g/mol. The fourth-order valence-corrected chi connectivity index (χ4v) is 3.30. The van der Waals surface area contributed by atoms with Crippen molar-refractivity contribution in [3.8, 4) is 5.75 Å². The fraction of sp³-hybridized carbons (Fsp3) is 0. The summed E-state index contributed by atoms with van der Waals surface area (Å²) in [6.45, 7) is 0. The first-order chi connectivity index (χ1) is 15.1. The second-order valence-corrected chi connectivity index (χ2v) is 7.04. The smallest absolute Gasteiger partial charge is 0.345 e. The highest BCUT2D eigenvalue weighted by Gasteiger charge is 2.15. The normalized spacial score (nSPS) is 10.9. The maximum Gasteiger partial charge on any atom is 0.345 e. The fourth-order valence-electron chi connectivity index (χ4n) is 3.09. The number of benzene rings is 4. The van der Waals surface area contributed by atoms with E-state index in [1.165, 1.54) is 6.21 Å². The number of hydrazone groups is 1. The first-order valence-electron chi connectivity index (χ1n) is 9.50. The van der Waals surface area contributed by atoms with Gasteiger partial charge in [-0.3, -0.25) is 4.79 Å². The molecule has 0 heterocycles. The van der Waals surface area contributed by atoms with Crippen molar-refractivity contribution < 1.29 is 14.3 Å². The zero-order valence-electron chi connectivity index (χ0n) is 16.3. The van der Waals surface area contributed by atoms with Gasteiger partial charge >= 0.3 is 5.97 Å². The Morgan fingerprint density at radius 3 is 2.35 bits per heavy atom. The molecule has 1 amide bonds. The lowest BCUT2D eigenvalue weighted by molar-refractivity contribution is 0.0734. The van der Waals surface area contributed by atoms with Gasteiger partial charge in [0.1, 0.15) is 5.75 Å². The molecule has 152 valence electrons. The number of hydrogen-bond donors (Lipinski definition) is 1. The van der Waals surface area contributed by atoms with Crippen LogP contribution in [0.1, 0.15) is 26.3 Å². The van der Waals surface area contributed by atoms with Crippen LogP contribution in [-0.2, 0) is 0 Å². The Hall–Kier alpha value is -3.96. The molecule has 0 aliphatic heterocycles. The summed E-state index contributed by atoms with van der Waals surface area (Å²) in [5.74, 6) is -0.614. The Morgan fingerprint density at radius 1 is 0.839 bits per heavy atom. The molecule has 0 aromatic heterocycles. The number of hydrogen-bond acceptors (Lipinski definition) is 4. The maximum absolute atomic E-state index is 12.7. The van der Waals surface area contributed by atoms with Crippen molar-refractivity contribution in [2.75, 3.05) is 0 Å². The number of nitrogens with one attached hydrogen (secondary N) is 1. The third-order valence-corrected chi connectivity index (χ3v) is 4.95. The monoisotopic (exact) mass is 428 g/mol. The van der Waals surface area contributed by atoms with Crippen LogP contribution in [0.25, 0.3) is 10.8 Å². The Kier molecular flexibility index (Phi) is 6.05. The van der Waals surface area contributed by atoms with E-state index in [2.05, 4.69) is 10.5 Å². The number of carbonyl (C=O) groups excluding carboxylic acids is 2. The first kappa shape index (κ1) is 20.3. The standard InChI is InChI=1S/C25H17ClN2O3/c26-22-13-7-6-12-20(22)25(30)31-23-15-14-17-8-4-5-11-19(17)21(23)16-27-28-24(29)18-9-2-1-3-10-18/h1-16H,(H,28,29). The van der Waals surface area contributed by atoms with Crippen LogP contribution in [0.3, 0.4) is 0 Å². The Morgan fingerprint density at radius 2 is 1.55 bits per heavy atom. The van der Waals surface area contributed by atoms with E-state index in [9.17, 15) is 9.59 Å². The first-order valence-corrected chi connectivity index (χ1v) is 9.88. The average Bonchev–Trinajstić information content (AvgIpc) is 2.81. The molecule has 0 saturated carbocycles. The molecule has 0 radical (unpaired) electrons. The molecule has 0 saturated heterocycles. The predicted molar refractivity (Wildman–Crippen MR) is 122 cm³/mol. The summed E-state index contributed by atoms with van der Waals surface area (Å²) < 4.78 is 5.64. The second-order valence-electron chi connectivity index (χ2n) is 6.63. The highest BCUT2D eigenvalue weighted by atomic mass is 35.5. The second kappa shape index (κ2) is 9.24. The molecule has 0 aliphatic carbocycles. The molecule has 0 bridgehead atoms. The molecule has 31 heavy (non-hydrogen) atoms. The minimum atomic E-state index is -0.580. The molecule has 0 atom stereocenters. The number of amides is 1. The van der Waals surface area contributed by atoms with Gasteiger partial charge in [0, 0.05) is 11.1 Å². The summed E-state index contributed by atoms with van der Waals surface area (Å²) >= 11 is 6.12. The lowest BCUT2D eigenvalue weighted by atomic mass is 10.0. The van der Waals surface area contributed by atoms with Crippen molar-refractivity contribution >= 4 is 40.5 Å². The quantitative estimate of drug-likeness (QED) is 0.198. The number of carbonyl (C=O) groups is 2. The van der Waals surface area contributed by atoms with Crippen molar-refractivity contribution in [2.24, 2.45) is 5.10 Å². The summed E-state index contributed by atoms with van der Waals surface area (Å²) in [6.07, 6.45) is 1.47. The molecular formula is C25H17ClN2O3. The molecule has 5 nitrogen and oxygen atoms in total. The van der Waals surface area contributed by atoms with Crippen molar-refractivity contribution in [1.29, 1.82) is 0 Å². The van der Waals surface area contributed by atoms with E-state index in [-0.39, 0.29) is 11.5 Å². The number of ether oxygens (including phenoxy) is 1. The Labute approximate surface area is 183 Å².